The van der Waals surface area contributed by atoms with Gasteiger partial charge in [-0.05, 0) is 25.9 Å². The van der Waals surface area contributed by atoms with E-state index in [1.54, 1.807) is 0 Å². The molecule has 1 fully saturated rings. The van der Waals surface area contributed by atoms with E-state index in [1.165, 1.54) is 0 Å². The summed E-state index contributed by atoms with van der Waals surface area (Å²) in [6.45, 7) is 3.12. The van der Waals surface area contributed by atoms with Gasteiger partial charge in [0, 0.05) is 0 Å². The van der Waals surface area contributed by atoms with Gasteiger partial charge in [-0.1, -0.05) is 13.3 Å². The first-order valence-electron chi connectivity index (χ1n) is 4.16. The molecular weight excluding hydrogens is 140 g/mol. The van der Waals surface area contributed by atoms with Crippen LogP contribution in [0.25, 0.3) is 0 Å². The van der Waals surface area contributed by atoms with Crippen molar-refractivity contribution in [3.63, 3.8) is 0 Å². The molecular formula is C8H16N2O. The molecule has 0 aliphatic carbocycles. The third-order valence-electron chi connectivity index (χ3n) is 2.59. The third-order valence-corrected chi connectivity index (χ3v) is 2.59. The number of hydrogen-bond donors (Lipinski definition) is 1. The van der Waals surface area contributed by atoms with E-state index in [4.69, 9.17) is 5.73 Å². The van der Waals surface area contributed by atoms with Crippen LogP contribution in [0.15, 0.2) is 0 Å². The Kier molecular flexibility index (Phi) is 2.49. The fourth-order valence-electron chi connectivity index (χ4n) is 1.90. The lowest BCUT2D eigenvalue weighted by Gasteiger charge is -2.20. The molecule has 1 amide bonds. The van der Waals surface area contributed by atoms with Crippen LogP contribution in [0.3, 0.4) is 0 Å². The Bertz CT molecular complexity index is 158. The van der Waals surface area contributed by atoms with Gasteiger partial charge in [0.25, 0.3) is 0 Å². The van der Waals surface area contributed by atoms with Crippen molar-refractivity contribution in [1.29, 1.82) is 0 Å². The van der Waals surface area contributed by atoms with Crippen LogP contribution in [0.2, 0.25) is 0 Å². The van der Waals surface area contributed by atoms with Crippen molar-refractivity contribution >= 4 is 5.91 Å². The van der Waals surface area contributed by atoms with Gasteiger partial charge in [0.2, 0.25) is 5.91 Å². The molecule has 1 rings (SSSR count). The quantitative estimate of drug-likeness (QED) is 0.621. The monoisotopic (exact) mass is 156 g/mol. The lowest BCUT2D eigenvalue weighted by molar-refractivity contribution is -0.123. The van der Waals surface area contributed by atoms with Crippen LogP contribution < -0.4 is 5.73 Å². The second-order valence-electron chi connectivity index (χ2n) is 3.28. The van der Waals surface area contributed by atoms with Gasteiger partial charge in [-0.3, -0.25) is 9.69 Å². The average molecular weight is 156 g/mol. The molecule has 2 atom stereocenters. The number of likely N-dealkylation sites (tertiary alicyclic amines) is 1. The minimum Gasteiger partial charge on any atom is -0.368 e. The van der Waals surface area contributed by atoms with E-state index in [0.717, 1.165) is 19.4 Å². The van der Waals surface area contributed by atoms with Crippen LogP contribution in [0, 0.1) is 5.92 Å². The van der Waals surface area contributed by atoms with Gasteiger partial charge in [-0.2, -0.15) is 0 Å². The number of nitrogens with two attached hydrogens (primary N) is 1. The molecule has 0 spiro atoms. The van der Waals surface area contributed by atoms with Crippen LogP contribution in [0.4, 0.5) is 0 Å². The Morgan fingerprint density at radius 3 is 2.73 bits per heavy atom. The summed E-state index contributed by atoms with van der Waals surface area (Å²) in [5.74, 6) is 0.314. The van der Waals surface area contributed by atoms with Gasteiger partial charge >= 0.3 is 0 Å². The molecule has 11 heavy (non-hydrogen) atoms. The molecule has 1 aliphatic heterocycles. The summed E-state index contributed by atoms with van der Waals surface area (Å²) in [6, 6.07) is -0.0139. The van der Waals surface area contributed by atoms with E-state index in [1.807, 2.05) is 7.05 Å². The minimum atomic E-state index is -0.170. The summed E-state index contributed by atoms with van der Waals surface area (Å²) in [4.78, 5) is 13.0. The van der Waals surface area contributed by atoms with Crippen LogP contribution in [-0.4, -0.2) is 30.4 Å². The number of amides is 1. The maximum absolute atomic E-state index is 11.0. The number of rotatable bonds is 2. The van der Waals surface area contributed by atoms with E-state index >= 15 is 0 Å². The predicted molar refractivity (Wildman–Crippen MR) is 44.0 cm³/mol. The number of likely N-dealkylation sites (N-methyl/N-ethyl adjacent to an activating group) is 1. The summed E-state index contributed by atoms with van der Waals surface area (Å²) < 4.78 is 0. The van der Waals surface area contributed by atoms with Crippen molar-refractivity contribution in [2.75, 3.05) is 13.6 Å². The lowest BCUT2D eigenvalue weighted by Crippen LogP contribution is -2.41. The van der Waals surface area contributed by atoms with Crippen molar-refractivity contribution in [3.05, 3.63) is 0 Å². The zero-order chi connectivity index (χ0) is 8.43. The zero-order valence-corrected chi connectivity index (χ0v) is 7.21. The fourth-order valence-corrected chi connectivity index (χ4v) is 1.90. The molecule has 3 heteroatoms. The highest BCUT2D eigenvalue weighted by atomic mass is 16.1. The Morgan fingerprint density at radius 2 is 2.36 bits per heavy atom. The molecule has 2 unspecified atom stereocenters. The van der Waals surface area contributed by atoms with Gasteiger partial charge in [0.05, 0.1) is 6.04 Å². The van der Waals surface area contributed by atoms with Crippen molar-refractivity contribution in [2.45, 2.75) is 25.8 Å². The predicted octanol–water partition coefficient (Wildman–Crippen LogP) is 0.202. The van der Waals surface area contributed by atoms with Crippen LogP contribution >= 0.6 is 0 Å². The maximum atomic E-state index is 11.0. The molecule has 64 valence electrons. The molecule has 0 aromatic heterocycles. The molecule has 0 radical (unpaired) electrons. The second kappa shape index (κ2) is 3.22. The average Bonchev–Trinajstić information content (AvgIpc) is 2.30. The largest absolute Gasteiger partial charge is 0.368 e. The highest BCUT2D eigenvalue weighted by molar-refractivity contribution is 5.80. The molecule has 0 aromatic rings. The number of nitrogens with zero attached hydrogens (tertiary/aromatic N) is 1. The van der Waals surface area contributed by atoms with E-state index in [0.29, 0.717) is 5.92 Å². The maximum Gasteiger partial charge on any atom is 0.235 e. The standard InChI is InChI=1S/C8H16N2O/c1-3-6-4-5-10(2)7(6)8(9)11/h6-7H,3-5H2,1-2H3,(H2,9,11). The highest BCUT2D eigenvalue weighted by Crippen LogP contribution is 2.24. The normalized spacial score (nSPS) is 32.5. The van der Waals surface area contributed by atoms with Crippen LogP contribution in [0.5, 0.6) is 0 Å². The molecule has 2 N–H and O–H groups in total. The SMILES string of the molecule is CCC1CCN(C)C1C(N)=O. The van der Waals surface area contributed by atoms with Gasteiger partial charge in [0.1, 0.15) is 0 Å². The molecule has 0 bridgehead atoms. The number of hydrogen-bond acceptors (Lipinski definition) is 2. The second-order valence-corrected chi connectivity index (χ2v) is 3.28. The van der Waals surface area contributed by atoms with Crippen molar-refractivity contribution < 1.29 is 4.79 Å². The smallest absolute Gasteiger partial charge is 0.235 e. The first kappa shape index (κ1) is 8.53. The fraction of sp³-hybridized carbons (Fsp3) is 0.875. The van der Waals surface area contributed by atoms with E-state index in [2.05, 4.69) is 11.8 Å². The van der Waals surface area contributed by atoms with Crippen LogP contribution in [-0.2, 0) is 4.79 Å². The van der Waals surface area contributed by atoms with Crippen LogP contribution in [0.1, 0.15) is 19.8 Å². The minimum absolute atomic E-state index is 0.0139. The summed E-state index contributed by atoms with van der Waals surface area (Å²) in [7, 11) is 1.96. The highest BCUT2D eigenvalue weighted by Gasteiger charge is 2.34. The topological polar surface area (TPSA) is 46.3 Å². The summed E-state index contributed by atoms with van der Waals surface area (Å²) in [5.41, 5.74) is 5.27. The molecule has 3 nitrogen and oxygen atoms in total. The number of primary amides is 1. The number of carbonyl (C=O) groups is 1. The van der Waals surface area contributed by atoms with Crippen molar-refractivity contribution in [3.8, 4) is 0 Å². The Balaban J connectivity index is 2.63. The van der Waals surface area contributed by atoms with E-state index in [9.17, 15) is 4.79 Å². The summed E-state index contributed by atoms with van der Waals surface area (Å²) in [5, 5.41) is 0. The summed E-state index contributed by atoms with van der Waals surface area (Å²) >= 11 is 0. The molecule has 0 aromatic carbocycles. The van der Waals surface area contributed by atoms with Crippen molar-refractivity contribution in [2.24, 2.45) is 11.7 Å². The van der Waals surface area contributed by atoms with E-state index < -0.39 is 0 Å². The zero-order valence-electron chi connectivity index (χ0n) is 7.21. The van der Waals surface area contributed by atoms with Gasteiger partial charge in [-0.25, -0.2) is 0 Å². The first-order valence-corrected chi connectivity index (χ1v) is 4.16. The molecule has 1 saturated heterocycles. The van der Waals surface area contributed by atoms with Crippen molar-refractivity contribution in [1.82, 2.24) is 4.90 Å². The lowest BCUT2D eigenvalue weighted by atomic mass is 9.97. The summed E-state index contributed by atoms with van der Waals surface area (Å²) in [6.07, 6.45) is 2.17. The Morgan fingerprint density at radius 1 is 1.73 bits per heavy atom. The van der Waals surface area contributed by atoms with Gasteiger partial charge in [0.15, 0.2) is 0 Å². The Labute approximate surface area is 67.5 Å². The van der Waals surface area contributed by atoms with Gasteiger partial charge in [-0.15, -0.1) is 0 Å². The molecule has 0 saturated carbocycles. The first-order chi connectivity index (χ1) is 5.16. The molecule has 1 heterocycles. The number of carbonyl (C=O) groups excluding carboxylic acids is 1. The van der Waals surface area contributed by atoms with Gasteiger partial charge < -0.3 is 5.73 Å². The Hall–Kier alpha value is -0.570. The van der Waals surface area contributed by atoms with E-state index in [-0.39, 0.29) is 11.9 Å². The third kappa shape index (κ3) is 1.53. The molecule has 1 aliphatic rings.